The van der Waals surface area contributed by atoms with Crippen LogP contribution in [-0.4, -0.2) is 23.2 Å². The van der Waals surface area contributed by atoms with E-state index < -0.39 is 12.3 Å². The Morgan fingerprint density at radius 3 is 3.08 bits per heavy atom. The van der Waals surface area contributed by atoms with Crippen LogP contribution in [0.15, 0.2) is 12.1 Å². The monoisotopic (exact) mass is 181 g/mol. The van der Waals surface area contributed by atoms with Gasteiger partial charge in [-0.15, -0.1) is 0 Å². The number of rotatable bonds is 1. The highest BCUT2D eigenvalue weighted by Gasteiger charge is 2.31. The lowest BCUT2D eigenvalue weighted by molar-refractivity contribution is -0.0569. The van der Waals surface area contributed by atoms with Crippen molar-refractivity contribution in [2.75, 3.05) is 7.11 Å². The van der Waals surface area contributed by atoms with Crippen molar-refractivity contribution < 1.29 is 19.4 Å². The molecule has 0 saturated carbocycles. The zero-order valence-electron chi connectivity index (χ0n) is 6.85. The second-order valence-electron chi connectivity index (χ2n) is 2.54. The molecule has 5 nitrogen and oxygen atoms in total. The van der Waals surface area contributed by atoms with Crippen LogP contribution in [-0.2, 0) is 4.74 Å². The topological polar surface area (TPSA) is 68.7 Å². The number of hydrogen-bond donors (Lipinski definition) is 1. The first kappa shape index (κ1) is 8.00. The third-order valence-electron chi connectivity index (χ3n) is 1.78. The summed E-state index contributed by atoms with van der Waals surface area (Å²) in [6, 6.07) is 3.05. The van der Waals surface area contributed by atoms with Crippen molar-refractivity contribution in [3.05, 3.63) is 23.4 Å². The van der Waals surface area contributed by atoms with Crippen LogP contribution in [0.2, 0.25) is 0 Å². The molecule has 5 heteroatoms. The highest BCUT2D eigenvalue weighted by atomic mass is 16.6. The number of cyclic esters (lactones) is 1. The Kier molecular flexibility index (Phi) is 1.66. The second kappa shape index (κ2) is 2.70. The second-order valence-corrected chi connectivity index (χ2v) is 2.54. The van der Waals surface area contributed by atoms with Crippen molar-refractivity contribution in [3.8, 4) is 5.88 Å². The van der Waals surface area contributed by atoms with Gasteiger partial charge in [0.2, 0.25) is 12.2 Å². The zero-order chi connectivity index (χ0) is 9.42. The maximum atomic E-state index is 11.0. The lowest BCUT2D eigenvalue weighted by Crippen LogP contribution is -1.97. The summed E-state index contributed by atoms with van der Waals surface area (Å²) in [5.74, 6) is -0.214. The van der Waals surface area contributed by atoms with Crippen LogP contribution in [0, 0.1) is 0 Å². The first-order valence-electron chi connectivity index (χ1n) is 3.66. The SMILES string of the molecule is COc1ccc2c(n1)C(O)OC2=O. The van der Waals surface area contributed by atoms with Gasteiger partial charge in [-0.1, -0.05) is 0 Å². The number of esters is 1. The Morgan fingerprint density at radius 2 is 2.38 bits per heavy atom. The molecule has 0 fully saturated rings. The van der Waals surface area contributed by atoms with E-state index in [0.717, 1.165) is 0 Å². The number of ether oxygens (including phenoxy) is 2. The zero-order valence-corrected chi connectivity index (χ0v) is 6.85. The van der Waals surface area contributed by atoms with Gasteiger partial charge in [0.15, 0.2) is 0 Å². The van der Waals surface area contributed by atoms with Gasteiger partial charge < -0.3 is 14.6 Å². The van der Waals surface area contributed by atoms with E-state index in [-0.39, 0.29) is 11.3 Å². The summed E-state index contributed by atoms with van der Waals surface area (Å²) < 4.78 is 9.36. The number of aliphatic hydroxyl groups excluding tert-OH is 1. The molecule has 0 aromatic carbocycles. The van der Waals surface area contributed by atoms with E-state index in [2.05, 4.69) is 9.72 Å². The number of carbonyl (C=O) groups excluding carboxylic acids is 1. The van der Waals surface area contributed by atoms with Gasteiger partial charge in [-0.2, -0.15) is 0 Å². The normalized spacial score (nSPS) is 19.5. The predicted octanol–water partition coefficient (Wildman–Crippen LogP) is 0.251. The molecule has 68 valence electrons. The van der Waals surface area contributed by atoms with Crippen molar-refractivity contribution in [2.24, 2.45) is 0 Å². The number of hydrogen-bond acceptors (Lipinski definition) is 5. The molecular formula is C8H7NO4. The molecule has 0 amide bonds. The van der Waals surface area contributed by atoms with Crippen molar-refractivity contribution in [1.29, 1.82) is 0 Å². The van der Waals surface area contributed by atoms with Gasteiger partial charge in [0.25, 0.3) is 0 Å². The molecule has 0 saturated heterocycles. The van der Waals surface area contributed by atoms with Gasteiger partial charge in [-0.3, -0.25) is 0 Å². The standard InChI is InChI=1S/C8H7NO4/c1-12-5-3-2-4-6(9-5)8(11)13-7(4)10/h2-3,8,11H,1H3. The maximum absolute atomic E-state index is 11.0. The number of aromatic nitrogens is 1. The Bertz CT molecular complexity index is 363. The molecule has 1 unspecified atom stereocenters. The number of fused-ring (bicyclic) bond motifs is 1. The quantitative estimate of drug-likeness (QED) is 0.629. The summed E-state index contributed by atoms with van der Waals surface area (Å²) >= 11 is 0. The van der Waals surface area contributed by atoms with Crippen LogP contribution in [0.4, 0.5) is 0 Å². The molecule has 0 spiro atoms. The Morgan fingerprint density at radius 1 is 1.62 bits per heavy atom. The van der Waals surface area contributed by atoms with Crippen molar-refractivity contribution in [3.63, 3.8) is 0 Å². The smallest absolute Gasteiger partial charge is 0.342 e. The van der Waals surface area contributed by atoms with E-state index in [4.69, 9.17) is 4.74 Å². The van der Waals surface area contributed by atoms with E-state index >= 15 is 0 Å². The molecule has 0 aliphatic carbocycles. The summed E-state index contributed by atoms with van der Waals surface area (Å²) in [4.78, 5) is 14.9. The summed E-state index contributed by atoms with van der Waals surface area (Å²) in [5.41, 5.74) is 0.498. The van der Waals surface area contributed by atoms with E-state index in [1.807, 2.05) is 0 Å². The lowest BCUT2D eigenvalue weighted by Gasteiger charge is -2.01. The number of carbonyl (C=O) groups is 1. The molecule has 1 aromatic heterocycles. The van der Waals surface area contributed by atoms with Crippen LogP contribution in [0.3, 0.4) is 0 Å². The fourth-order valence-corrected chi connectivity index (χ4v) is 1.15. The van der Waals surface area contributed by atoms with Crippen LogP contribution in [0.5, 0.6) is 5.88 Å². The van der Waals surface area contributed by atoms with E-state index in [0.29, 0.717) is 5.88 Å². The average molecular weight is 181 g/mol. The fraction of sp³-hybridized carbons (Fsp3) is 0.250. The molecule has 0 radical (unpaired) electrons. The average Bonchev–Trinajstić information content (AvgIpc) is 2.42. The Hall–Kier alpha value is -1.62. The Labute approximate surface area is 73.9 Å². The molecule has 2 rings (SSSR count). The van der Waals surface area contributed by atoms with Gasteiger partial charge in [0.1, 0.15) is 5.69 Å². The summed E-state index contributed by atoms with van der Waals surface area (Å²) in [6.45, 7) is 0. The first-order chi connectivity index (χ1) is 6.22. The lowest BCUT2D eigenvalue weighted by atomic mass is 10.2. The van der Waals surface area contributed by atoms with E-state index in [1.54, 1.807) is 0 Å². The Balaban J connectivity index is 2.52. The highest BCUT2D eigenvalue weighted by Crippen LogP contribution is 2.28. The van der Waals surface area contributed by atoms with Crippen LogP contribution in [0.25, 0.3) is 0 Å². The molecule has 1 N–H and O–H groups in total. The van der Waals surface area contributed by atoms with Gasteiger partial charge in [-0.25, -0.2) is 9.78 Å². The molecule has 1 aromatic rings. The largest absolute Gasteiger partial charge is 0.481 e. The van der Waals surface area contributed by atoms with Crippen LogP contribution in [0.1, 0.15) is 22.3 Å². The first-order valence-corrected chi connectivity index (χ1v) is 3.66. The van der Waals surface area contributed by atoms with Crippen molar-refractivity contribution in [1.82, 2.24) is 4.98 Å². The number of pyridine rings is 1. The van der Waals surface area contributed by atoms with Gasteiger partial charge in [0.05, 0.1) is 12.7 Å². The molecule has 1 aliphatic heterocycles. The van der Waals surface area contributed by atoms with Crippen LogP contribution < -0.4 is 4.74 Å². The van der Waals surface area contributed by atoms with E-state index in [1.165, 1.54) is 19.2 Å². The minimum absolute atomic E-state index is 0.212. The van der Waals surface area contributed by atoms with Gasteiger partial charge in [-0.05, 0) is 6.07 Å². The van der Waals surface area contributed by atoms with Gasteiger partial charge in [0, 0.05) is 6.07 Å². The number of aliphatic hydroxyl groups is 1. The summed E-state index contributed by atoms with van der Waals surface area (Å²) in [6.07, 6.45) is -1.27. The number of nitrogens with zero attached hydrogens (tertiary/aromatic N) is 1. The fourth-order valence-electron chi connectivity index (χ4n) is 1.15. The molecule has 1 aliphatic rings. The number of methoxy groups -OCH3 is 1. The van der Waals surface area contributed by atoms with Crippen molar-refractivity contribution in [2.45, 2.75) is 6.29 Å². The summed E-state index contributed by atoms with van der Waals surface area (Å²) in [5, 5.41) is 9.21. The van der Waals surface area contributed by atoms with E-state index in [9.17, 15) is 9.90 Å². The summed E-state index contributed by atoms with van der Waals surface area (Å²) in [7, 11) is 1.46. The predicted molar refractivity (Wildman–Crippen MR) is 41.2 cm³/mol. The molecular weight excluding hydrogens is 174 g/mol. The van der Waals surface area contributed by atoms with Crippen molar-refractivity contribution >= 4 is 5.97 Å². The van der Waals surface area contributed by atoms with Gasteiger partial charge >= 0.3 is 5.97 Å². The van der Waals surface area contributed by atoms with Crippen LogP contribution >= 0.6 is 0 Å². The molecule has 13 heavy (non-hydrogen) atoms. The third-order valence-corrected chi connectivity index (χ3v) is 1.78. The third kappa shape index (κ3) is 1.13. The minimum Gasteiger partial charge on any atom is -0.481 e. The maximum Gasteiger partial charge on any atom is 0.342 e. The molecule has 0 bridgehead atoms. The highest BCUT2D eigenvalue weighted by molar-refractivity contribution is 5.93. The molecule has 2 heterocycles. The molecule has 1 atom stereocenters. The minimum atomic E-state index is -1.27.